The number of nitrogens with zero attached hydrogens (tertiary/aromatic N) is 5. The molecule has 1 fully saturated rings. The number of ether oxygens (including phenoxy) is 1. The first kappa shape index (κ1) is 26.1. The van der Waals surface area contributed by atoms with E-state index >= 15 is 0 Å². The lowest BCUT2D eigenvalue weighted by atomic mass is 9.83. The van der Waals surface area contributed by atoms with Crippen molar-refractivity contribution in [3.05, 3.63) is 47.0 Å². The molecule has 1 aliphatic carbocycles. The highest BCUT2D eigenvalue weighted by molar-refractivity contribution is 5.95. The highest BCUT2D eigenvalue weighted by Gasteiger charge is 2.35. The summed E-state index contributed by atoms with van der Waals surface area (Å²) in [5, 5.41) is 7.22. The smallest absolute Gasteiger partial charge is 0.435 e. The summed E-state index contributed by atoms with van der Waals surface area (Å²) in [4.78, 5) is 31.5. The summed E-state index contributed by atoms with van der Waals surface area (Å²) < 4.78 is 46.2. The summed E-state index contributed by atoms with van der Waals surface area (Å²) in [6, 6.07) is 6.08. The van der Waals surface area contributed by atoms with Crippen LogP contribution in [0.2, 0.25) is 0 Å². The Balaban J connectivity index is 1.62. The monoisotopic (exact) mass is 529 g/mol. The van der Waals surface area contributed by atoms with E-state index in [1.807, 2.05) is 19.1 Å². The van der Waals surface area contributed by atoms with Gasteiger partial charge in [-0.15, -0.1) is 5.10 Å². The summed E-state index contributed by atoms with van der Waals surface area (Å²) in [5.74, 6) is 0.771. The Hall–Kier alpha value is -3.50. The number of anilines is 1. The minimum atomic E-state index is -4.57. The Morgan fingerprint density at radius 2 is 1.89 bits per heavy atom. The molecule has 5 rings (SSSR count). The van der Waals surface area contributed by atoms with Crippen molar-refractivity contribution >= 4 is 28.6 Å². The molecule has 1 aromatic carbocycles. The molecule has 3 aromatic rings. The van der Waals surface area contributed by atoms with E-state index in [0.717, 1.165) is 60.5 Å². The second-order valence-corrected chi connectivity index (χ2v) is 10.3. The zero-order valence-electron chi connectivity index (χ0n) is 21.6. The van der Waals surface area contributed by atoms with Gasteiger partial charge in [-0.3, -0.25) is 9.69 Å². The number of halogens is 3. The maximum Gasteiger partial charge on any atom is 0.435 e. The highest BCUT2D eigenvalue weighted by atomic mass is 19.4. The maximum atomic E-state index is 13.0. The molecule has 202 valence electrons. The second-order valence-electron chi connectivity index (χ2n) is 10.3. The first-order chi connectivity index (χ1) is 18.1. The first-order valence-electron chi connectivity index (χ1n) is 12.9. The summed E-state index contributed by atoms with van der Waals surface area (Å²) in [6.45, 7) is 3.60. The highest BCUT2D eigenvalue weighted by Crippen LogP contribution is 2.41. The Bertz CT molecular complexity index is 1370. The molecule has 11 heteroatoms. The predicted octanol–water partition coefficient (Wildman–Crippen LogP) is 5.66. The number of rotatable bonds is 4. The molecular formula is C27H30F3N5O3. The second kappa shape index (κ2) is 9.99. The van der Waals surface area contributed by atoms with Crippen molar-refractivity contribution in [1.29, 1.82) is 0 Å². The summed E-state index contributed by atoms with van der Waals surface area (Å²) in [6.07, 6.45) is -0.0711. The minimum Gasteiger partial charge on any atom is -0.452 e. The average molecular weight is 530 g/mol. The minimum absolute atomic E-state index is 0.0114. The Morgan fingerprint density at radius 3 is 2.55 bits per heavy atom. The zero-order chi connectivity index (χ0) is 27.2. The lowest BCUT2D eigenvalue weighted by molar-refractivity contribution is -0.141. The third kappa shape index (κ3) is 4.74. The van der Waals surface area contributed by atoms with Crippen molar-refractivity contribution in [3.8, 4) is 0 Å². The summed E-state index contributed by atoms with van der Waals surface area (Å²) in [5.41, 5.74) is 2.64. The standard InChI is InChI=1S/C27H30F3N5O3/c1-15-7-9-20-21(34(15)26(37)38-3)10-11-22-25(20)31-24(14-18-8-12-23(33-32-18)27(28,29)30)35(22)19-6-4-5-17(13-19)16(2)36/h8,10-12,15,17,19H,4-7,9,13-14H2,1-3H3/t15-,17+,19+/m0/s1. The number of aryl methyl sites for hydroxylation is 1. The SMILES string of the molecule is COC(=O)N1c2ccc3c(nc(Cc4ccc(C(F)(F)F)nn4)n3[C@@H]3CCC[C@@H](C(C)=O)C3)c2CC[C@@H]1C. The van der Waals surface area contributed by atoms with Crippen LogP contribution >= 0.6 is 0 Å². The summed E-state index contributed by atoms with van der Waals surface area (Å²) in [7, 11) is 1.36. The molecule has 38 heavy (non-hydrogen) atoms. The molecule has 1 aliphatic heterocycles. The van der Waals surface area contributed by atoms with Crippen LogP contribution in [0.15, 0.2) is 24.3 Å². The first-order valence-corrected chi connectivity index (χ1v) is 12.9. The molecule has 0 N–H and O–H groups in total. The third-order valence-corrected chi connectivity index (χ3v) is 7.83. The Labute approximate surface area is 218 Å². The normalized spacial score (nSPS) is 21.8. The van der Waals surface area contributed by atoms with Crippen LogP contribution in [0.25, 0.3) is 11.0 Å². The molecule has 2 aliphatic rings. The van der Waals surface area contributed by atoms with Gasteiger partial charge in [0.2, 0.25) is 0 Å². The number of alkyl halides is 3. The molecule has 3 atom stereocenters. The van der Waals surface area contributed by atoms with E-state index in [1.165, 1.54) is 13.2 Å². The van der Waals surface area contributed by atoms with E-state index in [2.05, 4.69) is 14.8 Å². The molecule has 0 spiro atoms. The number of imidazole rings is 1. The largest absolute Gasteiger partial charge is 0.452 e. The number of benzene rings is 1. The number of ketones is 1. The predicted molar refractivity (Wildman–Crippen MR) is 134 cm³/mol. The fourth-order valence-corrected chi connectivity index (χ4v) is 5.89. The van der Waals surface area contributed by atoms with E-state index < -0.39 is 18.0 Å². The summed E-state index contributed by atoms with van der Waals surface area (Å²) >= 11 is 0. The van der Waals surface area contributed by atoms with Crippen LogP contribution in [0.3, 0.4) is 0 Å². The molecule has 3 heterocycles. The van der Waals surface area contributed by atoms with Gasteiger partial charge in [0.1, 0.15) is 11.6 Å². The van der Waals surface area contributed by atoms with Crippen LogP contribution in [0.1, 0.15) is 74.8 Å². The van der Waals surface area contributed by atoms with Crippen LogP contribution in [-0.2, 0) is 28.5 Å². The molecule has 1 amide bonds. The number of Topliss-reactive ketones (excluding diaryl/α,β-unsaturated/α-hetero) is 1. The van der Waals surface area contributed by atoms with Crippen molar-refractivity contribution in [3.63, 3.8) is 0 Å². The topological polar surface area (TPSA) is 90.2 Å². The van der Waals surface area contributed by atoms with Gasteiger partial charge in [-0.2, -0.15) is 18.3 Å². The molecule has 0 saturated heterocycles. The van der Waals surface area contributed by atoms with Gasteiger partial charge < -0.3 is 9.30 Å². The number of amides is 1. The van der Waals surface area contributed by atoms with Crippen molar-refractivity contribution in [2.24, 2.45) is 5.92 Å². The van der Waals surface area contributed by atoms with Gasteiger partial charge >= 0.3 is 12.3 Å². The molecule has 8 nitrogen and oxygen atoms in total. The number of hydrogen-bond acceptors (Lipinski definition) is 6. The van der Waals surface area contributed by atoms with Crippen LogP contribution in [0.5, 0.6) is 0 Å². The fraction of sp³-hybridized carbons (Fsp3) is 0.519. The van der Waals surface area contributed by atoms with E-state index in [-0.39, 0.29) is 30.2 Å². The number of carbonyl (C=O) groups is 2. The third-order valence-electron chi connectivity index (χ3n) is 7.83. The lowest BCUT2D eigenvalue weighted by Crippen LogP contribution is -2.42. The van der Waals surface area contributed by atoms with Crippen molar-refractivity contribution in [2.75, 3.05) is 12.0 Å². The molecule has 1 saturated carbocycles. The van der Waals surface area contributed by atoms with Gasteiger partial charge in [0, 0.05) is 23.6 Å². The van der Waals surface area contributed by atoms with Gasteiger partial charge in [0.05, 0.1) is 35.9 Å². The molecular weight excluding hydrogens is 499 g/mol. The van der Waals surface area contributed by atoms with Crippen molar-refractivity contribution < 1.29 is 27.5 Å². The number of carbonyl (C=O) groups excluding carboxylic acids is 2. The van der Waals surface area contributed by atoms with Gasteiger partial charge in [0.15, 0.2) is 5.69 Å². The number of fused-ring (bicyclic) bond motifs is 3. The molecule has 2 aromatic heterocycles. The number of hydrogen-bond donors (Lipinski definition) is 0. The van der Waals surface area contributed by atoms with Gasteiger partial charge in [-0.25, -0.2) is 9.78 Å². The number of aromatic nitrogens is 4. The Kier molecular flexibility index (Phi) is 6.87. The fourth-order valence-electron chi connectivity index (χ4n) is 5.89. The van der Waals surface area contributed by atoms with Crippen LogP contribution in [0, 0.1) is 5.92 Å². The molecule has 0 radical (unpaired) electrons. The van der Waals surface area contributed by atoms with E-state index in [1.54, 1.807) is 11.8 Å². The molecule has 0 unspecified atom stereocenters. The Morgan fingerprint density at radius 1 is 1.11 bits per heavy atom. The van der Waals surface area contributed by atoms with Gasteiger partial charge in [0.25, 0.3) is 0 Å². The van der Waals surface area contributed by atoms with Crippen molar-refractivity contribution in [1.82, 2.24) is 19.7 Å². The quantitative estimate of drug-likeness (QED) is 0.433. The van der Waals surface area contributed by atoms with Gasteiger partial charge in [-0.1, -0.05) is 6.42 Å². The lowest BCUT2D eigenvalue weighted by Gasteiger charge is -2.34. The van der Waals surface area contributed by atoms with Crippen LogP contribution in [0.4, 0.5) is 23.7 Å². The molecule has 0 bridgehead atoms. The van der Waals surface area contributed by atoms with Crippen molar-refractivity contribution in [2.45, 2.75) is 77.1 Å². The van der Waals surface area contributed by atoms with Crippen LogP contribution in [-0.4, -0.2) is 44.8 Å². The number of methoxy groups -OCH3 is 1. The van der Waals surface area contributed by atoms with Gasteiger partial charge in [-0.05, 0) is 70.2 Å². The van der Waals surface area contributed by atoms with E-state index in [9.17, 15) is 22.8 Å². The average Bonchev–Trinajstić information content (AvgIpc) is 3.26. The van der Waals surface area contributed by atoms with E-state index in [0.29, 0.717) is 17.9 Å². The van der Waals surface area contributed by atoms with Crippen LogP contribution < -0.4 is 4.90 Å². The zero-order valence-corrected chi connectivity index (χ0v) is 21.6. The maximum absolute atomic E-state index is 13.0. The van der Waals surface area contributed by atoms with E-state index in [4.69, 9.17) is 9.72 Å².